The molecule has 1 fully saturated rings. The molecule has 1 unspecified atom stereocenters. The van der Waals surface area contributed by atoms with Crippen LogP contribution in [-0.2, 0) is 0 Å². The van der Waals surface area contributed by atoms with Crippen molar-refractivity contribution in [1.82, 2.24) is 15.6 Å². The molecule has 1 atom stereocenters. The minimum atomic E-state index is -0.644. The van der Waals surface area contributed by atoms with Crippen molar-refractivity contribution in [2.75, 3.05) is 0 Å². The lowest BCUT2D eigenvalue weighted by molar-refractivity contribution is 0.114. The highest BCUT2D eigenvalue weighted by Gasteiger charge is 2.17. The molecular formula is C13H17N3O2. The van der Waals surface area contributed by atoms with E-state index >= 15 is 0 Å². The van der Waals surface area contributed by atoms with Gasteiger partial charge in [0.25, 0.3) is 0 Å². The number of benzene rings is 1. The molecule has 18 heavy (non-hydrogen) atoms. The minimum Gasteiger partial charge on any atom is -0.374 e. The molecule has 2 aromatic rings. The first-order chi connectivity index (χ1) is 8.83. The molecule has 1 aliphatic rings. The minimum absolute atomic E-state index is 0.417. The predicted octanol–water partition coefficient (Wildman–Crippen LogP) is 2.14. The molecule has 0 aliphatic heterocycles. The van der Waals surface area contributed by atoms with E-state index in [1.807, 2.05) is 18.2 Å². The number of nitrogens with zero attached hydrogens (tertiary/aromatic N) is 2. The fourth-order valence-electron chi connectivity index (χ4n) is 2.56. The summed E-state index contributed by atoms with van der Waals surface area (Å²) in [6.07, 6.45) is 5.45. The van der Waals surface area contributed by atoms with Gasteiger partial charge in [-0.25, -0.2) is 4.63 Å². The van der Waals surface area contributed by atoms with Gasteiger partial charge in [-0.2, -0.15) is 0 Å². The molecule has 1 heterocycles. The average molecular weight is 247 g/mol. The van der Waals surface area contributed by atoms with Crippen molar-refractivity contribution >= 4 is 11.0 Å². The van der Waals surface area contributed by atoms with Crippen LogP contribution < -0.4 is 5.32 Å². The standard InChI is InChI=1S/C13H17N3O2/c17-13(14-10-4-2-1-3-5-10)9-6-7-11-12(8-9)16-18-15-11/h6-8,10,13-14,17H,1-5H2. The molecule has 5 heteroatoms. The molecule has 1 aromatic heterocycles. The summed E-state index contributed by atoms with van der Waals surface area (Å²) in [4.78, 5) is 0. The van der Waals surface area contributed by atoms with E-state index in [4.69, 9.17) is 0 Å². The molecule has 0 radical (unpaired) electrons. The molecule has 3 rings (SSSR count). The second-order valence-electron chi connectivity index (χ2n) is 4.92. The van der Waals surface area contributed by atoms with E-state index in [9.17, 15) is 5.11 Å². The summed E-state index contributed by atoms with van der Waals surface area (Å²) in [5, 5.41) is 21.0. The normalized spacial score (nSPS) is 19.2. The van der Waals surface area contributed by atoms with Crippen molar-refractivity contribution in [3.8, 4) is 0 Å². The third kappa shape index (κ3) is 2.37. The van der Waals surface area contributed by atoms with E-state index in [1.54, 1.807) is 0 Å². The molecular weight excluding hydrogens is 230 g/mol. The second-order valence-corrected chi connectivity index (χ2v) is 4.92. The average Bonchev–Trinajstić information content (AvgIpc) is 2.87. The van der Waals surface area contributed by atoms with Gasteiger partial charge in [0.05, 0.1) is 0 Å². The van der Waals surface area contributed by atoms with Gasteiger partial charge in [0.15, 0.2) is 0 Å². The van der Waals surface area contributed by atoms with Crippen LogP contribution in [0.15, 0.2) is 22.8 Å². The van der Waals surface area contributed by atoms with Crippen LogP contribution in [0.5, 0.6) is 0 Å². The van der Waals surface area contributed by atoms with E-state index in [1.165, 1.54) is 19.3 Å². The van der Waals surface area contributed by atoms with Gasteiger partial charge in [-0.05, 0) is 40.9 Å². The van der Waals surface area contributed by atoms with Crippen LogP contribution in [-0.4, -0.2) is 21.5 Å². The Bertz CT molecular complexity index is 520. The SMILES string of the molecule is OC(NC1CCCCC1)c1ccc2nonc2c1. The lowest BCUT2D eigenvalue weighted by Crippen LogP contribution is -2.34. The summed E-state index contributed by atoms with van der Waals surface area (Å²) in [5.74, 6) is 0. The number of rotatable bonds is 3. The molecule has 0 saturated heterocycles. The van der Waals surface area contributed by atoms with Crippen LogP contribution in [0.2, 0.25) is 0 Å². The van der Waals surface area contributed by atoms with Crippen LogP contribution >= 0.6 is 0 Å². The van der Waals surface area contributed by atoms with Gasteiger partial charge < -0.3 is 5.11 Å². The molecule has 5 nitrogen and oxygen atoms in total. The van der Waals surface area contributed by atoms with Gasteiger partial charge in [-0.15, -0.1) is 0 Å². The Labute approximate surface area is 105 Å². The van der Waals surface area contributed by atoms with Crippen LogP contribution in [0.1, 0.15) is 43.9 Å². The summed E-state index contributed by atoms with van der Waals surface area (Å²) in [6.45, 7) is 0. The molecule has 1 aliphatic carbocycles. The molecule has 0 amide bonds. The number of aliphatic hydroxyl groups is 1. The van der Waals surface area contributed by atoms with Gasteiger partial charge in [-0.1, -0.05) is 25.3 Å². The Morgan fingerprint density at radius 1 is 1.17 bits per heavy atom. The van der Waals surface area contributed by atoms with Crippen molar-refractivity contribution in [3.63, 3.8) is 0 Å². The fourth-order valence-corrected chi connectivity index (χ4v) is 2.56. The number of fused-ring (bicyclic) bond motifs is 1. The highest BCUT2D eigenvalue weighted by molar-refractivity contribution is 5.73. The van der Waals surface area contributed by atoms with E-state index in [0.29, 0.717) is 17.1 Å². The molecule has 2 N–H and O–H groups in total. The number of aliphatic hydroxyl groups excluding tert-OH is 1. The third-order valence-electron chi connectivity index (χ3n) is 3.59. The Balaban J connectivity index is 1.72. The number of hydrogen-bond acceptors (Lipinski definition) is 5. The van der Waals surface area contributed by atoms with Crippen molar-refractivity contribution in [3.05, 3.63) is 23.8 Å². The quantitative estimate of drug-likeness (QED) is 0.813. The zero-order chi connectivity index (χ0) is 12.4. The van der Waals surface area contributed by atoms with Gasteiger partial charge in [0, 0.05) is 6.04 Å². The van der Waals surface area contributed by atoms with Crippen LogP contribution in [0.4, 0.5) is 0 Å². The zero-order valence-electron chi connectivity index (χ0n) is 10.2. The summed E-state index contributed by atoms with van der Waals surface area (Å²) in [6, 6.07) is 5.90. The lowest BCUT2D eigenvalue weighted by atomic mass is 9.95. The van der Waals surface area contributed by atoms with Crippen LogP contribution in [0.25, 0.3) is 11.0 Å². The highest BCUT2D eigenvalue weighted by Crippen LogP contribution is 2.22. The van der Waals surface area contributed by atoms with Gasteiger partial charge in [-0.3, -0.25) is 5.32 Å². The van der Waals surface area contributed by atoms with Crippen molar-refractivity contribution < 1.29 is 9.74 Å². The van der Waals surface area contributed by atoms with E-state index in [-0.39, 0.29) is 0 Å². The number of aromatic nitrogens is 2. The second kappa shape index (κ2) is 5.04. The molecule has 0 spiro atoms. The van der Waals surface area contributed by atoms with Crippen LogP contribution in [0.3, 0.4) is 0 Å². The van der Waals surface area contributed by atoms with Gasteiger partial charge >= 0.3 is 0 Å². The first-order valence-corrected chi connectivity index (χ1v) is 6.49. The smallest absolute Gasteiger partial charge is 0.135 e. The van der Waals surface area contributed by atoms with Gasteiger partial charge in [0.2, 0.25) is 0 Å². The monoisotopic (exact) mass is 247 g/mol. The highest BCUT2D eigenvalue weighted by atomic mass is 16.6. The molecule has 0 bridgehead atoms. The lowest BCUT2D eigenvalue weighted by Gasteiger charge is -2.26. The topological polar surface area (TPSA) is 71.2 Å². The third-order valence-corrected chi connectivity index (χ3v) is 3.59. The van der Waals surface area contributed by atoms with Crippen molar-refractivity contribution in [2.45, 2.75) is 44.4 Å². The summed E-state index contributed by atoms with van der Waals surface area (Å²) < 4.78 is 4.65. The van der Waals surface area contributed by atoms with E-state index < -0.39 is 6.23 Å². The van der Waals surface area contributed by atoms with Crippen molar-refractivity contribution in [2.24, 2.45) is 0 Å². The summed E-state index contributed by atoms with van der Waals surface area (Å²) in [5.41, 5.74) is 2.20. The molecule has 1 aromatic carbocycles. The first-order valence-electron chi connectivity index (χ1n) is 6.49. The molecule has 96 valence electrons. The Kier molecular flexibility index (Phi) is 3.25. The maximum absolute atomic E-state index is 10.2. The maximum atomic E-state index is 10.2. The van der Waals surface area contributed by atoms with Crippen LogP contribution in [0, 0.1) is 0 Å². The Morgan fingerprint density at radius 3 is 2.78 bits per heavy atom. The number of hydrogen-bond donors (Lipinski definition) is 2. The molecule has 1 saturated carbocycles. The van der Waals surface area contributed by atoms with E-state index in [2.05, 4.69) is 20.3 Å². The largest absolute Gasteiger partial charge is 0.374 e. The van der Waals surface area contributed by atoms with E-state index in [0.717, 1.165) is 18.4 Å². The fraction of sp³-hybridized carbons (Fsp3) is 0.538. The number of nitrogens with one attached hydrogen (secondary N) is 1. The van der Waals surface area contributed by atoms with Gasteiger partial charge in [0.1, 0.15) is 17.3 Å². The first kappa shape index (κ1) is 11.6. The predicted molar refractivity (Wildman–Crippen MR) is 66.8 cm³/mol. The Hall–Kier alpha value is -1.46. The summed E-state index contributed by atoms with van der Waals surface area (Å²) in [7, 11) is 0. The summed E-state index contributed by atoms with van der Waals surface area (Å²) >= 11 is 0. The van der Waals surface area contributed by atoms with Crippen molar-refractivity contribution in [1.29, 1.82) is 0 Å². The Morgan fingerprint density at radius 2 is 1.94 bits per heavy atom. The maximum Gasteiger partial charge on any atom is 0.135 e. The zero-order valence-corrected chi connectivity index (χ0v) is 10.2.